The Morgan fingerprint density at radius 2 is 1.89 bits per heavy atom. The second-order valence-corrected chi connectivity index (χ2v) is 5.83. The molecule has 3 N–H and O–H groups in total. The average Bonchev–Trinajstić information content (AvgIpc) is 2.83. The second-order valence-electron chi connectivity index (χ2n) is 5.83. The van der Waals surface area contributed by atoms with Crippen molar-refractivity contribution in [1.82, 2.24) is 5.43 Å². The summed E-state index contributed by atoms with van der Waals surface area (Å²) in [5, 5.41) is 0. The van der Waals surface area contributed by atoms with Gasteiger partial charge in [0.25, 0.3) is 0 Å². The molecule has 1 aliphatic rings. The summed E-state index contributed by atoms with van der Waals surface area (Å²) in [6.45, 7) is 4.54. The molecule has 1 aromatic carbocycles. The Kier molecular flexibility index (Phi) is 4.79. The first-order valence-corrected chi connectivity index (χ1v) is 7.26. The molecule has 0 amide bonds. The van der Waals surface area contributed by atoms with Crippen molar-refractivity contribution in [1.29, 1.82) is 0 Å². The van der Waals surface area contributed by atoms with Crippen LogP contribution in [0, 0.1) is 11.8 Å². The molecular weight excluding hydrogens is 220 g/mol. The predicted octanol–water partition coefficient (Wildman–Crippen LogP) is 3.06. The first-order chi connectivity index (χ1) is 8.72. The predicted molar refractivity (Wildman–Crippen MR) is 77.1 cm³/mol. The lowest BCUT2D eigenvalue weighted by molar-refractivity contribution is 0.353. The van der Waals surface area contributed by atoms with Crippen LogP contribution >= 0.6 is 0 Å². The zero-order valence-electron chi connectivity index (χ0n) is 11.7. The molecule has 2 heteroatoms. The largest absolute Gasteiger partial charge is 0.271 e. The van der Waals surface area contributed by atoms with Crippen LogP contribution in [-0.4, -0.2) is 6.04 Å². The summed E-state index contributed by atoms with van der Waals surface area (Å²) < 4.78 is 0. The van der Waals surface area contributed by atoms with Gasteiger partial charge in [-0.1, -0.05) is 44.5 Å². The Labute approximate surface area is 111 Å². The lowest BCUT2D eigenvalue weighted by Crippen LogP contribution is -2.41. The summed E-state index contributed by atoms with van der Waals surface area (Å²) in [4.78, 5) is 0. The van der Waals surface area contributed by atoms with E-state index in [2.05, 4.69) is 43.5 Å². The number of benzene rings is 1. The number of nitrogens with two attached hydrogens (primary N) is 1. The number of hydrogen-bond donors (Lipinski definition) is 2. The van der Waals surface area contributed by atoms with Gasteiger partial charge < -0.3 is 0 Å². The molecule has 1 aliphatic carbocycles. The van der Waals surface area contributed by atoms with Crippen molar-refractivity contribution in [3.05, 3.63) is 35.4 Å². The van der Waals surface area contributed by atoms with Crippen LogP contribution in [0.2, 0.25) is 0 Å². The van der Waals surface area contributed by atoms with Crippen molar-refractivity contribution in [2.45, 2.75) is 52.0 Å². The van der Waals surface area contributed by atoms with Crippen LogP contribution < -0.4 is 11.3 Å². The third-order valence-electron chi connectivity index (χ3n) is 4.41. The Balaban J connectivity index is 1.96. The van der Waals surface area contributed by atoms with Crippen molar-refractivity contribution in [3.8, 4) is 0 Å². The van der Waals surface area contributed by atoms with Crippen LogP contribution in [-0.2, 0) is 12.8 Å². The van der Waals surface area contributed by atoms with Gasteiger partial charge in [0, 0.05) is 6.04 Å². The molecule has 3 atom stereocenters. The Morgan fingerprint density at radius 1 is 1.22 bits per heavy atom. The molecule has 0 aromatic heterocycles. The summed E-state index contributed by atoms with van der Waals surface area (Å²) in [7, 11) is 0. The highest BCUT2D eigenvalue weighted by Gasteiger charge is 2.28. The molecular formula is C16H26N2. The molecule has 2 rings (SSSR count). The van der Waals surface area contributed by atoms with E-state index in [-0.39, 0.29) is 0 Å². The standard InChI is InChI=1S/C16H26N2/c1-3-13-5-7-14(8-6-13)11-16(18-17)15-9-4-12(2)10-15/h5-8,12,15-16,18H,3-4,9-11,17H2,1-2H3. The minimum absolute atomic E-state index is 0.433. The molecule has 0 bridgehead atoms. The van der Waals surface area contributed by atoms with Crippen molar-refractivity contribution in [3.63, 3.8) is 0 Å². The van der Waals surface area contributed by atoms with E-state index in [0.717, 1.165) is 24.7 Å². The number of nitrogens with one attached hydrogen (secondary N) is 1. The number of hydrogen-bond acceptors (Lipinski definition) is 2. The molecule has 0 heterocycles. The third kappa shape index (κ3) is 3.33. The maximum absolute atomic E-state index is 5.75. The zero-order valence-corrected chi connectivity index (χ0v) is 11.7. The summed E-state index contributed by atoms with van der Waals surface area (Å²) >= 11 is 0. The van der Waals surface area contributed by atoms with E-state index in [1.807, 2.05) is 0 Å². The first-order valence-electron chi connectivity index (χ1n) is 7.26. The second kappa shape index (κ2) is 6.35. The summed E-state index contributed by atoms with van der Waals surface area (Å²) in [6.07, 6.45) is 6.17. The SMILES string of the molecule is CCc1ccc(CC(NN)C2CCC(C)C2)cc1. The Morgan fingerprint density at radius 3 is 2.39 bits per heavy atom. The summed E-state index contributed by atoms with van der Waals surface area (Å²) in [6, 6.07) is 9.41. The van der Waals surface area contributed by atoms with E-state index in [9.17, 15) is 0 Å². The van der Waals surface area contributed by atoms with Gasteiger partial charge in [-0.05, 0) is 48.6 Å². The van der Waals surface area contributed by atoms with Gasteiger partial charge in [0.1, 0.15) is 0 Å². The van der Waals surface area contributed by atoms with E-state index in [1.54, 1.807) is 0 Å². The van der Waals surface area contributed by atoms with Crippen LogP contribution in [0.15, 0.2) is 24.3 Å². The molecule has 3 unspecified atom stereocenters. The summed E-state index contributed by atoms with van der Waals surface area (Å²) in [5.74, 6) is 7.37. The van der Waals surface area contributed by atoms with Gasteiger partial charge in [0.15, 0.2) is 0 Å². The van der Waals surface area contributed by atoms with Crippen molar-refractivity contribution >= 4 is 0 Å². The maximum Gasteiger partial charge on any atom is 0.0279 e. The van der Waals surface area contributed by atoms with E-state index >= 15 is 0 Å². The minimum atomic E-state index is 0.433. The highest BCUT2D eigenvalue weighted by molar-refractivity contribution is 5.23. The molecule has 1 saturated carbocycles. The fraction of sp³-hybridized carbons (Fsp3) is 0.625. The molecule has 18 heavy (non-hydrogen) atoms. The molecule has 1 fully saturated rings. The molecule has 0 aliphatic heterocycles. The van der Waals surface area contributed by atoms with Crippen molar-refractivity contribution in [2.24, 2.45) is 17.7 Å². The van der Waals surface area contributed by atoms with Crippen LogP contribution in [0.25, 0.3) is 0 Å². The summed E-state index contributed by atoms with van der Waals surface area (Å²) in [5.41, 5.74) is 5.85. The highest BCUT2D eigenvalue weighted by Crippen LogP contribution is 2.33. The van der Waals surface area contributed by atoms with Gasteiger partial charge in [-0.25, -0.2) is 0 Å². The molecule has 1 aromatic rings. The van der Waals surface area contributed by atoms with Gasteiger partial charge in [-0.3, -0.25) is 11.3 Å². The number of hydrazine groups is 1. The lowest BCUT2D eigenvalue weighted by Gasteiger charge is -2.23. The van der Waals surface area contributed by atoms with Gasteiger partial charge in [-0.15, -0.1) is 0 Å². The van der Waals surface area contributed by atoms with E-state index in [0.29, 0.717) is 6.04 Å². The van der Waals surface area contributed by atoms with Crippen molar-refractivity contribution in [2.75, 3.05) is 0 Å². The first kappa shape index (κ1) is 13.6. The Hall–Kier alpha value is -0.860. The molecule has 2 nitrogen and oxygen atoms in total. The van der Waals surface area contributed by atoms with Crippen LogP contribution in [0.1, 0.15) is 44.2 Å². The molecule has 0 saturated heterocycles. The third-order valence-corrected chi connectivity index (χ3v) is 4.41. The minimum Gasteiger partial charge on any atom is -0.271 e. The fourth-order valence-electron chi connectivity index (χ4n) is 3.14. The van der Waals surface area contributed by atoms with Gasteiger partial charge in [0.2, 0.25) is 0 Å². The fourth-order valence-corrected chi connectivity index (χ4v) is 3.14. The van der Waals surface area contributed by atoms with Gasteiger partial charge in [-0.2, -0.15) is 0 Å². The van der Waals surface area contributed by atoms with E-state index in [1.165, 1.54) is 30.4 Å². The monoisotopic (exact) mass is 246 g/mol. The van der Waals surface area contributed by atoms with Crippen LogP contribution in [0.4, 0.5) is 0 Å². The highest BCUT2D eigenvalue weighted by atomic mass is 15.2. The maximum atomic E-state index is 5.75. The molecule has 0 radical (unpaired) electrons. The smallest absolute Gasteiger partial charge is 0.0279 e. The molecule has 100 valence electrons. The number of aryl methyl sites for hydroxylation is 1. The van der Waals surface area contributed by atoms with E-state index in [4.69, 9.17) is 5.84 Å². The van der Waals surface area contributed by atoms with Gasteiger partial charge >= 0.3 is 0 Å². The normalized spacial score (nSPS) is 25.3. The van der Waals surface area contributed by atoms with Crippen molar-refractivity contribution < 1.29 is 0 Å². The van der Waals surface area contributed by atoms with E-state index < -0.39 is 0 Å². The van der Waals surface area contributed by atoms with Crippen LogP contribution in [0.5, 0.6) is 0 Å². The number of rotatable bonds is 5. The quantitative estimate of drug-likeness (QED) is 0.619. The topological polar surface area (TPSA) is 38.0 Å². The average molecular weight is 246 g/mol. The zero-order chi connectivity index (χ0) is 13.0. The molecule has 0 spiro atoms. The van der Waals surface area contributed by atoms with Gasteiger partial charge in [0.05, 0.1) is 0 Å². The van der Waals surface area contributed by atoms with Crippen LogP contribution in [0.3, 0.4) is 0 Å². The Bertz CT molecular complexity index is 358. The lowest BCUT2D eigenvalue weighted by atomic mass is 9.91.